The molecule has 0 bridgehead atoms. The minimum Gasteiger partial charge on any atom is -0.406 e. The molecule has 4 atom stereocenters. The molecule has 0 spiro atoms. The van der Waals surface area contributed by atoms with Crippen molar-refractivity contribution >= 4 is 0 Å². The lowest BCUT2D eigenvalue weighted by Gasteiger charge is -2.42. The third-order valence-electron chi connectivity index (χ3n) is 7.16. The summed E-state index contributed by atoms with van der Waals surface area (Å²) in [5.41, 5.74) is 1.98. The van der Waals surface area contributed by atoms with Crippen LogP contribution in [0.15, 0.2) is 42.5 Å². The van der Waals surface area contributed by atoms with E-state index in [2.05, 4.69) is 11.7 Å². The van der Waals surface area contributed by atoms with E-state index in [1.165, 1.54) is 56.4 Å². The van der Waals surface area contributed by atoms with Crippen molar-refractivity contribution in [1.29, 1.82) is 0 Å². The Hall–Kier alpha value is -2.04. The number of halogens is 4. The first-order valence-electron chi connectivity index (χ1n) is 11.0. The molecule has 2 aromatic rings. The van der Waals surface area contributed by atoms with Crippen LogP contribution in [0.1, 0.15) is 63.4 Å². The molecule has 2 aliphatic rings. The zero-order valence-electron chi connectivity index (χ0n) is 17.2. The van der Waals surface area contributed by atoms with Crippen LogP contribution in [-0.4, -0.2) is 6.36 Å². The predicted octanol–water partition coefficient (Wildman–Crippen LogP) is 8.10. The number of ether oxygens (including phenoxy) is 1. The molecule has 0 aromatic heterocycles. The highest BCUT2D eigenvalue weighted by atomic mass is 19.4. The highest BCUT2D eigenvalue weighted by Crippen LogP contribution is 2.48. The van der Waals surface area contributed by atoms with Crippen molar-refractivity contribution in [2.45, 2.75) is 64.1 Å². The van der Waals surface area contributed by atoms with Gasteiger partial charge in [0, 0.05) is 5.56 Å². The van der Waals surface area contributed by atoms with E-state index in [-0.39, 0.29) is 11.6 Å². The summed E-state index contributed by atoms with van der Waals surface area (Å²) in [6.45, 7) is 2.29. The van der Waals surface area contributed by atoms with Gasteiger partial charge in [0.2, 0.25) is 0 Å². The number of hydrogen-bond donors (Lipinski definition) is 0. The summed E-state index contributed by atoms with van der Waals surface area (Å²) in [6.07, 6.45) is 4.01. The summed E-state index contributed by atoms with van der Waals surface area (Å²) in [5, 5.41) is 0. The molecule has 0 heterocycles. The summed E-state index contributed by atoms with van der Waals surface area (Å²) in [6, 6.07) is 10.7. The topological polar surface area (TPSA) is 9.23 Å². The fraction of sp³-hybridized carbons (Fsp3) is 0.520. The molecule has 2 fully saturated rings. The fourth-order valence-electron chi connectivity index (χ4n) is 5.52. The molecule has 30 heavy (non-hydrogen) atoms. The van der Waals surface area contributed by atoms with Crippen LogP contribution < -0.4 is 4.74 Å². The lowest BCUT2D eigenvalue weighted by molar-refractivity contribution is -0.274. The minimum absolute atomic E-state index is 0.308. The van der Waals surface area contributed by atoms with Crippen LogP contribution >= 0.6 is 0 Å². The van der Waals surface area contributed by atoms with Gasteiger partial charge in [0.25, 0.3) is 0 Å². The van der Waals surface area contributed by atoms with E-state index in [4.69, 9.17) is 0 Å². The monoisotopic (exact) mass is 420 g/mol. The van der Waals surface area contributed by atoms with Crippen molar-refractivity contribution in [3.05, 3.63) is 53.8 Å². The van der Waals surface area contributed by atoms with E-state index in [1.807, 2.05) is 6.07 Å². The Labute approximate surface area is 175 Å². The van der Waals surface area contributed by atoms with E-state index in [0.29, 0.717) is 17.0 Å². The molecule has 0 saturated heterocycles. The summed E-state index contributed by atoms with van der Waals surface area (Å²) >= 11 is 0. The molecule has 0 amide bonds. The van der Waals surface area contributed by atoms with Crippen LogP contribution in [0, 0.1) is 23.6 Å². The Balaban J connectivity index is 1.45. The van der Waals surface area contributed by atoms with Crippen LogP contribution in [0.5, 0.6) is 5.75 Å². The van der Waals surface area contributed by atoms with Crippen LogP contribution in [0.25, 0.3) is 11.1 Å². The standard InChI is InChI=1S/C25H28F4O/c1-2-16-3-4-19-14-20(6-5-18(19)13-16)21-9-12-23(24(26)15-21)17-7-10-22(11-8-17)30-25(27,28)29/h7-12,15-16,18-20H,2-6,13-14H2,1H3. The molecule has 162 valence electrons. The quantitative estimate of drug-likeness (QED) is 0.454. The first-order chi connectivity index (χ1) is 14.3. The molecule has 5 heteroatoms. The predicted molar refractivity (Wildman–Crippen MR) is 110 cm³/mol. The lowest BCUT2D eigenvalue weighted by Crippen LogP contribution is -2.30. The molecular weight excluding hydrogens is 392 g/mol. The van der Waals surface area contributed by atoms with Gasteiger partial charge in [0.05, 0.1) is 0 Å². The second-order valence-corrected chi connectivity index (χ2v) is 8.93. The smallest absolute Gasteiger partial charge is 0.406 e. The Bertz CT molecular complexity index is 858. The molecule has 4 rings (SSSR count). The molecular formula is C25H28F4O. The molecule has 1 nitrogen and oxygen atoms in total. The maximum Gasteiger partial charge on any atom is 0.573 e. The zero-order valence-corrected chi connectivity index (χ0v) is 17.2. The van der Waals surface area contributed by atoms with Gasteiger partial charge in [0.1, 0.15) is 11.6 Å². The Morgan fingerprint density at radius 2 is 1.60 bits per heavy atom. The zero-order chi connectivity index (χ0) is 21.3. The third-order valence-corrected chi connectivity index (χ3v) is 7.16. The normalized spacial score (nSPS) is 26.8. The van der Waals surface area contributed by atoms with Crippen LogP contribution in [0.3, 0.4) is 0 Å². The van der Waals surface area contributed by atoms with E-state index in [9.17, 15) is 17.6 Å². The molecule has 0 radical (unpaired) electrons. The number of alkyl halides is 3. The molecule has 2 aromatic carbocycles. The second-order valence-electron chi connectivity index (χ2n) is 8.93. The Morgan fingerprint density at radius 3 is 2.27 bits per heavy atom. The molecule has 4 unspecified atom stereocenters. The highest BCUT2D eigenvalue weighted by Gasteiger charge is 2.35. The number of hydrogen-bond acceptors (Lipinski definition) is 1. The fourth-order valence-corrected chi connectivity index (χ4v) is 5.52. The number of benzene rings is 2. The molecule has 0 N–H and O–H groups in total. The van der Waals surface area contributed by atoms with Crippen molar-refractivity contribution in [1.82, 2.24) is 0 Å². The lowest BCUT2D eigenvalue weighted by atomic mass is 9.63. The SMILES string of the molecule is CCC1CCC2CC(c3ccc(-c4ccc(OC(F)(F)F)cc4)c(F)c3)CCC2C1. The third kappa shape index (κ3) is 4.81. The molecule has 2 aliphatic carbocycles. The largest absolute Gasteiger partial charge is 0.573 e. The van der Waals surface area contributed by atoms with Crippen LogP contribution in [0.2, 0.25) is 0 Å². The Morgan fingerprint density at radius 1 is 0.900 bits per heavy atom. The van der Waals surface area contributed by atoms with Gasteiger partial charge in [-0.2, -0.15) is 0 Å². The van der Waals surface area contributed by atoms with Gasteiger partial charge in [-0.15, -0.1) is 13.2 Å². The van der Waals surface area contributed by atoms with Crippen molar-refractivity contribution in [3.63, 3.8) is 0 Å². The van der Waals surface area contributed by atoms with Gasteiger partial charge in [-0.3, -0.25) is 0 Å². The van der Waals surface area contributed by atoms with Gasteiger partial charge in [-0.1, -0.05) is 44.0 Å². The van der Waals surface area contributed by atoms with Gasteiger partial charge < -0.3 is 4.74 Å². The van der Waals surface area contributed by atoms with Gasteiger partial charge in [-0.05, 0) is 85.1 Å². The summed E-state index contributed by atoms with van der Waals surface area (Å²) in [4.78, 5) is 0. The summed E-state index contributed by atoms with van der Waals surface area (Å²) in [7, 11) is 0. The highest BCUT2D eigenvalue weighted by molar-refractivity contribution is 5.65. The average molecular weight is 420 g/mol. The maximum absolute atomic E-state index is 14.9. The molecule has 2 saturated carbocycles. The summed E-state index contributed by atoms with van der Waals surface area (Å²) < 4.78 is 55.7. The number of rotatable bonds is 4. The van der Waals surface area contributed by atoms with Crippen LogP contribution in [-0.2, 0) is 0 Å². The minimum atomic E-state index is -4.73. The number of fused-ring (bicyclic) bond motifs is 1. The Kier molecular flexibility index (Phi) is 6.08. The first-order valence-corrected chi connectivity index (χ1v) is 11.0. The molecule has 0 aliphatic heterocycles. The van der Waals surface area contributed by atoms with Crippen molar-refractivity contribution in [3.8, 4) is 16.9 Å². The maximum atomic E-state index is 14.9. The van der Waals surface area contributed by atoms with E-state index in [1.54, 1.807) is 12.1 Å². The van der Waals surface area contributed by atoms with E-state index < -0.39 is 6.36 Å². The van der Waals surface area contributed by atoms with Crippen molar-refractivity contribution < 1.29 is 22.3 Å². The summed E-state index contributed by atoms with van der Waals surface area (Å²) in [5.74, 6) is 2.24. The first kappa shape index (κ1) is 21.2. The van der Waals surface area contributed by atoms with Crippen LogP contribution in [0.4, 0.5) is 17.6 Å². The van der Waals surface area contributed by atoms with Gasteiger partial charge in [0.15, 0.2) is 0 Å². The van der Waals surface area contributed by atoms with Crippen molar-refractivity contribution in [2.24, 2.45) is 17.8 Å². The second kappa shape index (κ2) is 8.60. The van der Waals surface area contributed by atoms with Crippen molar-refractivity contribution in [2.75, 3.05) is 0 Å². The van der Waals surface area contributed by atoms with E-state index in [0.717, 1.165) is 36.2 Å². The van der Waals surface area contributed by atoms with Gasteiger partial charge in [-0.25, -0.2) is 4.39 Å². The average Bonchev–Trinajstić information content (AvgIpc) is 2.72. The van der Waals surface area contributed by atoms with Gasteiger partial charge >= 0.3 is 6.36 Å². The van der Waals surface area contributed by atoms with E-state index >= 15 is 0 Å².